The van der Waals surface area contributed by atoms with Gasteiger partial charge in [-0.1, -0.05) is 19.8 Å². The van der Waals surface area contributed by atoms with Crippen LogP contribution in [0.2, 0.25) is 0 Å². The molecule has 1 aromatic rings. The van der Waals surface area contributed by atoms with Crippen molar-refractivity contribution >= 4 is 0 Å². The van der Waals surface area contributed by atoms with E-state index in [0.717, 1.165) is 18.9 Å². The minimum absolute atomic E-state index is 0.486. The highest BCUT2D eigenvalue weighted by molar-refractivity contribution is 5.15. The Bertz CT molecular complexity index is 339. The number of aryl methyl sites for hydroxylation is 2. The molecule has 0 saturated heterocycles. The normalized spacial score (nSPS) is 17.7. The summed E-state index contributed by atoms with van der Waals surface area (Å²) in [5.41, 5.74) is 2.58. The first-order valence-electron chi connectivity index (χ1n) is 6.52. The fourth-order valence-electron chi connectivity index (χ4n) is 2.27. The highest BCUT2D eigenvalue weighted by Crippen LogP contribution is 2.37. The maximum atomic E-state index is 4.62. The quantitative estimate of drug-likeness (QED) is 0.800. The van der Waals surface area contributed by atoms with Crippen LogP contribution in [0.4, 0.5) is 0 Å². The molecule has 1 aliphatic rings. The molecule has 16 heavy (non-hydrogen) atoms. The summed E-state index contributed by atoms with van der Waals surface area (Å²) >= 11 is 0. The van der Waals surface area contributed by atoms with Crippen molar-refractivity contribution in [1.82, 2.24) is 15.1 Å². The lowest BCUT2D eigenvalue weighted by atomic mass is 10.1. The summed E-state index contributed by atoms with van der Waals surface area (Å²) in [5, 5.41) is 8.06. The van der Waals surface area contributed by atoms with Crippen LogP contribution >= 0.6 is 0 Å². The molecule has 1 fully saturated rings. The molecule has 1 heterocycles. The van der Waals surface area contributed by atoms with Crippen molar-refractivity contribution in [3.05, 3.63) is 17.5 Å². The average molecular weight is 221 g/mol. The number of nitrogens with one attached hydrogen (secondary N) is 1. The second-order valence-electron chi connectivity index (χ2n) is 4.75. The van der Waals surface area contributed by atoms with Gasteiger partial charge in [0, 0.05) is 12.6 Å². The lowest BCUT2D eigenvalue weighted by molar-refractivity contribution is 0.466. The first-order chi connectivity index (χ1) is 7.78. The predicted molar refractivity (Wildman–Crippen MR) is 66.4 cm³/mol. The van der Waals surface area contributed by atoms with Gasteiger partial charge in [-0.05, 0) is 38.8 Å². The van der Waals surface area contributed by atoms with Gasteiger partial charge in [-0.15, -0.1) is 0 Å². The molecule has 3 nitrogen and oxygen atoms in total. The van der Waals surface area contributed by atoms with Crippen molar-refractivity contribution in [2.45, 2.75) is 52.1 Å². The van der Waals surface area contributed by atoms with Gasteiger partial charge in [-0.25, -0.2) is 0 Å². The lowest BCUT2D eigenvalue weighted by Gasteiger charge is -2.16. The van der Waals surface area contributed by atoms with Gasteiger partial charge in [0.05, 0.1) is 11.4 Å². The second-order valence-corrected chi connectivity index (χ2v) is 4.75. The van der Waals surface area contributed by atoms with E-state index >= 15 is 0 Å². The summed E-state index contributed by atoms with van der Waals surface area (Å²) in [6, 6.07) is 2.76. The summed E-state index contributed by atoms with van der Waals surface area (Å²) in [7, 11) is 2.06. The Morgan fingerprint density at radius 2 is 2.25 bits per heavy atom. The molecule has 1 aromatic heterocycles. The minimum Gasteiger partial charge on any atom is -0.312 e. The number of hydrogen-bond acceptors (Lipinski definition) is 2. The van der Waals surface area contributed by atoms with Crippen LogP contribution in [0, 0.1) is 5.92 Å². The topological polar surface area (TPSA) is 29.9 Å². The Morgan fingerprint density at radius 1 is 1.50 bits per heavy atom. The summed E-state index contributed by atoms with van der Waals surface area (Å²) in [6.45, 7) is 5.30. The van der Waals surface area contributed by atoms with Crippen molar-refractivity contribution in [3.63, 3.8) is 0 Å². The number of rotatable bonds is 6. The van der Waals surface area contributed by atoms with E-state index in [9.17, 15) is 0 Å². The molecule has 3 heteroatoms. The zero-order valence-electron chi connectivity index (χ0n) is 10.7. The van der Waals surface area contributed by atoms with Crippen molar-refractivity contribution in [2.24, 2.45) is 5.92 Å². The summed E-state index contributed by atoms with van der Waals surface area (Å²) < 4.78 is 2.16. The Morgan fingerprint density at radius 3 is 2.75 bits per heavy atom. The van der Waals surface area contributed by atoms with E-state index in [2.05, 4.69) is 42.1 Å². The van der Waals surface area contributed by atoms with Crippen LogP contribution in [0.5, 0.6) is 0 Å². The van der Waals surface area contributed by atoms with E-state index in [1.54, 1.807) is 0 Å². The smallest absolute Gasteiger partial charge is 0.0625 e. The van der Waals surface area contributed by atoms with Crippen LogP contribution in [0.3, 0.4) is 0 Å². The maximum absolute atomic E-state index is 4.62. The largest absolute Gasteiger partial charge is 0.312 e. The molecule has 90 valence electrons. The van der Waals surface area contributed by atoms with E-state index in [-0.39, 0.29) is 0 Å². The third-order valence-electron chi connectivity index (χ3n) is 3.49. The van der Waals surface area contributed by atoms with Gasteiger partial charge < -0.3 is 5.32 Å². The molecule has 1 atom stereocenters. The van der Waals surface area contributed by atoms with Crippen LogP contribution in [-0.4, -0.2) is 16.8 Å². The van der Waals surface area contributed by atoms with E-state index < -0.39 is 0 Å². The number of aromatic nitrogens is 2. The van der Waals surface area contributed by atoms with Crippen molar-refractivity contribution in [2.75, 3.05) is 7.05 Å². The monoisotopic (exact) mass is 221 g/mol. The van der Waals surface area contributed by atoms with Gasteiger partial charge in [0.25, 0.3) is 0 Å². The molecule has 0 aliphatic heterocycles. The Hall–Kier alpha value is -0.830. The van der Waals surface area contributed by atoms with Crippen LogP contribution < -0.4 is 5.32 Å². The van der Waals surface area contributed by atoms with E-state index in [1.807, 2.05) is 0 Å². The molecule has 0 amide bonds. The van der Waals surface area contributed by atoms with Gasteiger partial charge in [0.1, 0.15) is 0 Å². The summed E-state index contributed by atoms with van der Waals surface area (Å²) in [6.07, 6.45) is 5.13. The second kappa shape index (κ2) is 5.00. The molecule has 0 bridgehead atoms. The van der Waals surface area contributed by atoms with E-state index in [4.69, 9.17) is 0 Å². The lowest BCUT2D eigenvalue weighted by Crippen LogP contribution is -2.20. The fraction of sp³-hybridized carbons (Fsp3) is 0.769. The van der Waals surface area contributed by atoms with Gasteiger partial charge in [0.2, 0.25) is 0 Å². The van der Waals surface area contributed by atoms with Gasteiger partial charge in [-0.2, -0.15) is 5.10 Å². The first-order valence-corrected chi connectivity index (χ1v) is 6.52. The van der Waals surface area contributed by atoms with Crippen molar-refractivity contribution in [1.29, 1.82) is 0 Å². The van der Waals surface area contributed by atoms with E-state index in [1.165, 1.54) is 30.7 Å². The summed E-state index contributed by atoms with van der Waals surface area (Å²) in [4.78, 5) is 0. The first kappa shape index (κ1) is 11.6. The van der Waals surface area contributed by atoms with E-state index in [0.29, 0.717) is 6.04 Å². The molecule has 1 saturated carbocycles. The van der Waals surface area contributed by atoms with Crippen molar-refractivity contribution < 1.29 is 0 Å². The van der Waals surface area contributed by atoms with Gasteiger partial charge in [0.15, 0.2) is 0 Å². The molecule has 2 rings (SSSR count). The SMILES string of the molecule is CCc1cc(C(CC2CC2)NC)n(CC)n1. The number of nitrogens with zero attached hydrogens (tertiary/aromatic N) is 2. The Kier molecular flexibility index (Phi) is 3.64. The molecule has 0 spiro atoms. The molecule has 0 radical (unpaired) electrons. The third-order valence-corrected chi connectivity index (χ3v) is 3.49. The molecular formula is C13H23N3. The predicted octanol–water partition coefficient (Wildman–Crippen LogP) is 2.53. The van der Waals surface area contributed by atoms with Crippen molar-refractivity contribution in [3.8, 4) is 0 Å². The zero-order chi connectivity index (χ0) is 11.5. The molecular weight excluding hydrogens is 198 g/mol. The van der Waals surface area contributed by atoms with Gasteiger partial charge >= 0.3 is 0 Å². The highest BCUT2D eigenvalue weighted by atomic mass is 15.3. The van der Waals surface area contributed by atoms with Crippen LogP contribution in [0.1, 0.15) is 50.5 Å². The Balaban J connectivity index is 2.16. The molecule has 1 aliphatic carbocycles. The van der Waals surface area contributed by atoms with Crippen LogP contribution in [0.25, 0.3) is 0 Å². The molecule has 1 N–H and O–H groups in total. The maximum Gasteiger partial charge on any atom is 0.0625 e. The zero-order valence-corrected chi connectivity index (χ0v) is 10.7. The fourth-order valence-corrected chi connectivity index (χ4v) is 2.27. The third kappa shape index (κ3) is 2.46. The standard InChI is InChI=1S/C13H23N3/c1-4-11-9-13(16(5-2)15-11)12(14-3)8-10-6-7-10/h9-10,12,14H,4-8H2,1-3H3. The number of hydrogen-bond donors (Lipinski definition) is 1. The average Bonchev–Trinajstić information content (AvgIpc) is 3.03. The Labute approximate surface area is 98.2 Å². The molecule has 1 unspecified atom stereocenters. The van der Waals surface area contributed by atoms with Crippen LogP contribution in [0.15, 0.2) is 6.07 Å². The highest BCUT2D eigenvalue weighted by Gasteiger charge is 2.27. The summed E-state index contributed by atoms with van der Waals surface area (Å²) in [5.74, 6) is 0.947. The van der Waals surface area contributed by atoms with Crippen LogP contribution in [-0.2, 0) is 13.0 Å². The minimum atomic E-state index is 0.486. The van der Waals surface area contributed by atoms with Gasteiger partial charge in [-0.3, -0.25) is 4.68 Å². The molecule has 0 aromatic carbocycles.